The van der Waals surface area contributed by atoms with Crippen molar-refractivity contribution in [1.29, 1.82) is 0 Å². The first kappa shape index (κ1) is 13.5. The second kappa shape index (κ2) is 5.57. The molecule has 0 spiro atoms. The molecule has 0 aliphatic carbocycles. The van der Waals surface area contributed by atoms with E-state index in [1.807, 2.05) is 54.6 Å². The van der Waals surface area contributed by atoms with Crippen LogP contribution in [-0.2, 0) is 17.9 Å². The number of hydrogen-bond acceptors (Lipinski definition) is 3. The molecule has 0 radical (unpaired) electrons. The van der Waals surface area contributed by atoms with E-state index in [1.165, 1.54) is 0 Å². The number of nitrogens with one attached hydrogen (secondary N) is 2. The highest BCUT2D eigenvalue weighted by molar-refractivity contribution is 5.81. The van der Waals surface area contributed by atoms with Crippen LogP contribution in [-0.4, -0.2) is 25.9 Å². The molecule has 23 heavy (non-hydrogen) atoms. The summed E-state index contributed by atoms with van der Waals surface area (Å²) in [5.41, 5.74) is 3.69. The van der Waals surface area contributed by atoms with Crippen molar-refractivity contribution in [1.82, 2.24) is 25.3 Å². The van der Waals surface area contributed by atoms with Gasteiger partial charge in [-0.15, -0.1) is 5.10 Å². The van der Waals surface area contributed by atoms with Crippen LogP contribution in [0.3, 0.4) is 0 Å². The molecule has 4 aromatic rings. The number of H-pyrrole nitrogens is 1. The minimum atomic E-state index is -0.0979. The van der Waals surface area contributed by atoms with Crippen molar-refractivity contribution >= 4 is 27.8 Å². The molecule has 0 aliphatic rings. The van der Waals surface area contributed by atoms with Gasteiger partial charge >= 0.3 is 0 Å². The molecule has 0 saturated carbocycles. The van der Waals surface area contributed by atoms with Crippen molar-refractivity contribution in [3.8, 4) is 0 Å². The fourth-order valence-corrected chi connectivity index (χ4v) is 2.65. The van der Waals surface area contributed by atoms with Gasteiger partial charge in [0.05, 0.1) is 12.1 Å². The van der Waals surface area contributed by atoms with Crippen molar-refractivity contribution in [3.63, 3.8) is 0 Å². The number of hydrogen-bond donors (Lipinski definition) is 2. The molecule has 6 heteroatoms. The monoisotopic (exact) mass is 305 g/mol. The van der Waals surface area contributed by atoms with Crippen molar-refractivity contribution in [2.24, 2.45) is 0 Å². The van der Waals surface area contributed by atoms with Gasteiger partial charge in [-0.25, -0.2) is 4.68 Å². The normalized spacial score (nSPS) is 11.1. The van der Waals surface area contributed by atoms with Gasteiger partial charge in [-0.1, -0.05) is 35.5 Å². The molecule has 0 unspecified atom stereocenters. The summed E-state index contributed by atoms with van der Waals surface area (Å²) in [6, 6.07) is 17.7. The lowest BCUT2D eigenvalue weighted by Crippen LogP contribution is -2.27. The maximum atomic E-state index is 12.1. The van der Waals surface area contributed by atoms with Gasteiger partial charge in [0.1, 0.15) is 12.1 Å². The van der Waals surface area contributed by atoms with Crippen LogP contribution >= 0.6 is 0 Å². The molecule has 4 rings (SSSR count). The number of amides is 1. The van der Waals surface area contributed by atoms with Crippen LogP contribution in [0.25, 0.3) is 21.9 Å². The number of para-hydroxylation sites is 2. The summed E-state index contributed by atoms with van der Waals surface area (Å²) < 4.78 is 1.61. The van der Waals surface area contributed by atoms with Gasteiger partial charge in [0.15, 0.2) is 0 Å². The fraction of sp³-hybridized carbons (Fsp3) is 0.118. The van der Waals surface area contributed by atoms with Crippen molar-refractivity contribution in [2.45, 2.75) is 13.1 Å². The highest BCUT2D eigenvalue weighted by atomic mass is 16.2. The zero-order valence-corrected chi connectivity index (χ0v) is 12.4. The van der Waals surface area contributed by atoms with Crippen LogP contribution in [0.5, 0.6) is 0 Å². The van der Waals surface area contributed by atoms with E-state index in [4.69, 9.17) is 0 Å². The number of carbonyl (C=O) groups is 1. The minimum absolute atomic E-state index is 0.0979. The minimum Gasteiger partial charge on any atom is -0.357 e. The summed E-state index contributed by atoms with van der Waals surface area (Å²) >= 11 is 0. The first-order valence-corrected chi connectivity index (χ1v) is 7.41. The molecule has 2 N–H and O–H groups in total. The summed E-state index contributed by atoms with van der Waals surface area (Å²) in [5, 5.41) is 12.1. The number of aromatic nitrogens is 4. The zero-order valence-electron chi connectivity index (χ0n) is 12.4. The lowest BCUT2D eigenvalue weighted by atomic mass is 10.2. The molecule has 1 amide bonds. The second-order valence-electron chi connectivity index (χ2n) is 5.39. The van der Waals surface area contributed by atoms with Crippen LogP contribution in [0.2, 0.25) is 0 Å². The van der Waals surface area contributed by atoms with E-state index in [-0.39, 0.29) is 12.5 Å². The number of fused-ring (bicyclic) bond motifs is 2. The lowest BCUT2D eigenvalue weighted by Gasteiger charge is -2.04. The maximum absolute atomic E-state index is 12.1. The van der Waals surface area contributed by atoms with Crippen molar-refractivity contribution in [2.75, 3.05) is 0 Å². The number of aromatic amines is 1. The first-order valence-electron chi connectivity index (χ1n) is 7.41. The largest absolute Gasteiger partial charge is 0.357 e. The first-order chi connectivity index (χ1) is 11.3. The number of nitrogens with zero attached hydrogens (tertiary/aromatic N) is 3. The zero-order chi connectivity index (χ0) is 15.6. The smallest absolute Gasteiger partial charge is 0.242 e. The summed E-state index contributed by atoms with van der Waals surface area (Å²) in [6.07, 6.45) is 0. The summed E-state index contributed by atoms with van der Waals surface area (Å²) in [6.45, 7) is 0.612. The van der Waals surface area contributed by atoms with Gasteiger partial charge in [-0.3, -0.25) is 4.79 Å². The summed E-state index contributed by atoms with van der Waals surface area (Å²) in [7, 11) is 0. The molecule has 0 fully saturated rings. The highest BCUT2D eigenvalue weighted by Crippen LogP contribution is 2.14. The predicted molar refractivity (Wildman–Crippen MR) is 87.7 cm³/mol. The summed E-state index contributed by atoms with van der Waals surface area (Å²) in [4.78, 5) is 15.4. The van der Waals surface area contributed by atoms with Crippen LogP contribution in [0.1, 0.15) is 5.69 Å². The third kappa shape index (κ3) is 2.66. The molecule has 114 valence electrons. The van der Waals surface area contributed by atoms with Crippen LogP contribution in [0.4, 0.5) is 0 Å². The molecule has 0 saturated heterocycles. The van der Waals surface area contributed by atoms with Gasteiger partial charge < -0.3 is 10.3 Å². The Hall–Kier alpha value is -3.15. The molecular formula is C17H15N5O. The Morgan fingerprint density at radius 2 is 1.96 bits per heavy atom. The third-order valence-corrected chi connectivity index (χ3v) is 3.78. The molecule has 0 atom stereocenters. The average Bonchev–Trinajstić information content (AvgIpc) is 3.17. The molecule has 0 aliphatic heterocycles. The predicted octanol–water partition coefficient (Wildman–Crippen LogP) is 2.23. The second-order valence-corrected chi connectivity index (χ2v) is 5.39. The third-order valence-electron chi connectivity index (χ3n) is 3.78. The molecule has 0 bridgehead atoms. The maximum Gasteiger partial charge on any atom is 0.242 e. The van der Waals surface area contributed by atoms with Crippen LogP contribution in [0.15, 0.2) is 54.6 Å². The lowest BCUT2D eigenvalue weighted by molar-refractivity contribution is -0.122. The Morgan fingerprint density at radius 3 is 2.87 bits per heavy atom. The SMILES string of the molecule is O=C(Cn1nnc2ccccc21)NCc1cc2ccccc2[nH]1. The van der Waals surface area contributed by atoms with E-state index < -0.39 is 0 Å². The number of benzene rings is 2. The van der Waals surface area contributed by atoms with Crippen molar-refractivity contribution < 1.29 is 4.79 Å². The summed E-state index contributed by atoms with van der Waals surface area (Å²) in [5.74, 6) is -0.0979. The standard InChI is InChI=1S/C17H15N5O/c23-17(11-22-16-8-4-3-7-15(16)20-21-22)18-10-13-9-12-5-1-2-6-14(12)19-13/h1-9,19H,10-11H2,(H,18,23). The Balaban J connectivity index is 1.43. The highest BCUT2D eigenvalue weighted by Gasteiger charge is 2.08. The number of carbonyl (C=O) groups excluding carboxylic acids is 1. The Bertz CT molecular complexity index is 952. The van der Waals surface area contributed by atoms with Gasteiger partial charge in [-0.2, -0.15) is 0 Å². The van der Waals surface area contributed by atoms with E-state index >= 15 is 0 Å². The molecule has 2 aromatic carbocycles. The Kier molecular flexibility index (Phi) is 3.27. The van der Waals surface area contributed by atoms with E-state index in [2.05, 4.69) is 20.6 Å². The Morgan fingerprint density at radius 1 is 1.13 bits per heavy atom. The molecular weight excluding hydrogens is 290 g/mol. The topological polar surface area (TPSA) is 75.6 Å². The quantitative estimate of drug-likeness (QED) is 0.607. The van der Waals surface area contributed by atoms with E-state index in [0.717, 1.165) is 27.6 Å². The van der Waals surface area contributed by atoms with Crippen LogP contribution < -0.4 is 5.32 Å². The fourth-order valence-electron chi connectivity index (χ4n) is 2.65. The Labute approximate surface area is 132 Å². The molecule has 2 aromatic heterocycles. The van der Waals surface area contributed by atoms with Gasteiger partial charge in [0.2, 0.25) is 5.91 Å². The molecule has 2 heterocycles. The average molecular weight is 305 g/mol. The number of rotatable bonds is 4. The van der Waals surface area contributed by atoms with E-state index in [9.17, 15) is 4.79 Å². The van der Waals surface area contributed by atoms with Crippen LogP contribution in [0, 0.1) is 0 Å². The molecule has 6 nitrogen and oxygen atoms in total. The van der Waals surface area contributed by atoms with E-state index in [1.54, 1.807) is 4.68 Å². The van der Waals surface area contributed by atoms with Gasteiger partial charge in [0.25, 0.3) is 0 Å². The van der Waals surface area contributed by atoms with Crippen molar-refractivity contribution in [3.05, 3.63) is 60.3 Å². The van der Waals surface area contributed by atoms with Gasteiger partial charge in [-0.05, 0) is 29.7 Å². The van der Waals surface area contributed by atoms with E-state index in [0.29, 0.717) is 6.54 Å². The van der Waals surface area contributed by atoms with Gasteiger partial charge in [0, 0.05) is 11.2 Å².